The molecule has 2 bridgehead atoms. The summed E-state index contributed by atoms with van der Waals surface area (Å²) in [5, 5.41) is 0. The minimum Gasteiger partial charge on any atom is -0.299 e. The summed E-state index contributed by atoms with van der Waals surface area (Å²) in [5.74, 6) is -0.907. The van der Waals surface area contributed by atoms with Crippen LogP contribution in [0.5, 0.6) is 0 Å². The second kappa shape index (κ2) is 4.77. The van der Waals surface area contributed by atoms with E-state index >= 15 is 0 Å². The van der Waals surface area contributed by atoms with E-state index in [4.69, 9.17) is 0 Å². The Morgan fingerprint density at radius 2 is 1.86 bits per heavy atom. The highest BCUT2D eigenvalue weighted by atomic mass is 16.2. The Hall–Kier alpha value is -1.97. The number of hydrogen-bond acceptors (Lipinski definition) is 3. The maximum absolute atomic E-state index is 12.8. The highest BCUT2D eigenvalue weighted by Gasteiger charge is 2.60. The van der Waals surface area contributed by atoms with Crippen LogP contribution in [-0.4, -0.2) is 17.6 Å². The number of carbonyl (C=O) groups excluding carboxylic acids is 3. The van der Waals surface area contributed by atoms with Crippen molar-refractivity contribution in [3.05, 3.63) is 29.8 Å². The average molecular weight is 297 g/mol. The third kappa shape index (κ3) is 1.73. The molecule has 1 saturated heterocycles. The molecule has 0 aromatic heterocycles. The molecule has 1 aliphatic heterocycles. The van der Waals surface area contributed by atoms with Crippen LogP contribution in [0.25, 0.3) is 0 Å². The van der Waals surface area contributed by atoms with Crippen molar-refractivity contribution in [1.82, 2.24) is 0 Å². The number of benzene rings is 1. The summed E-state index contributed by atoms with van der Waals surface area (Å²) >= 11 is 0. The molecule has 3 aliphatic carbocycles. The molecule has 0 N–H and O–H groups in total. The second-order valence-corrected chi connectivity index (χ2v) is 6.70. The van der Waals surface area contributed by atoms with E-state index in [1.165, 1.54) is 4.90 Å². The summed E-state index contributed by atoms with van der Waals surface area (Å²) < 4.78 is 0. The number of imide groups is 1. The lowest BCUT2D eigenvalue weighted by Gasteiger charge is -2.41. The molecular formula is C18H19NO3. The van der Waals surface area contributed by atoms with Crippen molar-refractivity contribution >= 4 is 23.3 Å². The number of amides is 2. The molecule has 5 rings (SSSR count). The largest absolute Gasteiger partial charge is 0.299 e. The first-order valence-electron chi connectivity index (χ1n) is 8.11. The number of nitrogens with zero attached hydrogens (tertiary/aromatic N) is 1. The average Bonchev–Trinajstić information content (AvgIpc) is 2.81. The fourth-order valence-electron chi connectivity index (χ4n) is 4.55. The molecule has 4 nitrogen and oxygen atoms in total. The van der Waals surface area contributed by atoms with E-state index < -0.39 is 5.92 Å². The van der Waals surface area contributed by atoms with Gasteiger partial charge in [0, 0.05) is 12.3 Å². The molecule has 3 saturated carbocycles. The van der Waals surface area contributed by atoms with Crippen molar-refractivity contribution < 1.29 is 14.4 Å². The SMILES string of the molecule is CCc1cccc(N2C(=O)[C@@H]3[C@H]4CC[C@H](C(=O)C4)[C@@H]3C2=O)c1. The Balaban J connectivity index is 1.75. The highest BCUT2D eigenvalue weighted by molar-refractivity contribution is 6.23. The molecule has 4 fully saturated rings. The van der Waals surface area contributed by atoms with Crippen LogP contribution in [0, 0.1) is 23.7 Å². The van der Waals surface area contributed by atoms with Gasteiger partial charge in [0.2, 0.25) is 11.8 Å². The Morgan fingerprint density at radius 1 is 1.09 bits per heavy atom. The molecule has 22 heavy (non-hydrogen) atoms. The fourth-order valence-corrected chi connectivity index (χ4v) is 4.55. The quantitative estimate of drug-likeness (QED) is 0.787. The van der Waals surface area contributed by atoms with Crippen LogP contribution in [0.15, 0.2) is 24.3 Å². The molecule has 0 unspecified atom stereocenters. The minimum atomic E-state index is -0.405. The molecule has 4 aliphatic rings. The smallest absolute Gasteiger partial charge is 0.238 e. The number of Topliss-reactive ketones (excluding diaryl/α,β-unsaturated/α-hetero) is 1. The summed E-state index contributed by atoms with van der Waals surface area (Å²) in [6.45, 7) is 2.05. The zero-order valence-corrected chi connectivity index (χ0v) is 12.6. The Labute approximate surface area is 129 Å². The van der Waals surface area contributed by atoms with Gasteiger partial charge in [0.15, 0.2) is 0 Å². The zero-order valence-electron chi connectivity index (χ0n) is 12.6. The Bertz CT molecular complexity index is 681. The number of fused-ring (bicyclic) bond motifs is 2. The molecule has 0 radical (unpaired) electrons. The molecule has 4 atom stereocenters. The van der Waals surface area contributed by atoms with Gasteiger partial charge in [-0.1, -0.05) is 19.1 Å². The van der Waals surface area contributed by atoms with Crippen LogP contribution in [0.1, 0.15) is 31.7 Å². The lowest BCUT2D eigenvalue weighted by molar-refractivity contribution is -0.143. The summed E-state index contributed by atoms with van der Waals surface area (Å²) in [6.07, 6.45) is 3.01. The standard InChI is InChI=1S/C18H19NO3/c1-2-10-4-3-5-12(8-10)19-17(21)15-11-6-7-13(14(20)9-11)16(15)18(19)22/h3-5,8,11,13,15-16H,2,6-7,9H2,1H3/t11-,13+,15+,16-/m0/s1. The minimum absolute atomic E-state index is 0.0679. The molecule has 1 heterocycles. The molecule has 4 heteroatoms. The second-order valence-electron chi connectivity index (χ2n) is 6.70. The van der Waals surface area contributed by atoms with E-state index in [1.54, 1.807) is 0 Å². The third-order valence-electron chi connectivity index (χ3n) is 5.64. The fraction of sp³-hybridized carbons (Fsp3) is 0.500. The normalized spacial score (nSPS) is 33.5. The van der Waals surface area contributed by atoms with Crippen LogP contribution >= 0.6 is 0 Å². The van der Waals surface area contributed by atoms with Crippen LogP contribution in [-0.2, 0) is 20.8 Å². The predicted molar refractivity (Wildman–Crippen MR) is 81.1 cm³/mol. The third-order valence-corrected chi connectivity index (χ3v) is 5.64. The van der Waals surface area contributed by atoms with Gasteiger partial charge < -0.3 is 0 Å². The van der Waals surface area contributed by atoms with Crippen LogP contribution in [0.2, 0.25) is 0 Å². The molecule has 2 amide bonds. The lowest BCUT2D eigenvalue weighted by Crippen LogP contribution is -2.46. The molecule has 1 aromatic rings. The Kier molecular flexibility index (Phi) is 2.96. The van der Waals surface area contributed by atoms with E-state index in [0.29, 0.717) is 12.1 Å². The van der Waals surface area contributed by atoms with Gasteiger partial charge in [-0.2, -0.15) is 0 Å². The zero-order chi connectivity index (χ0) is 15.4. The van der Waals surface area contributed by atoms with Gasteiger partial charge in [-0.05, 0) is 42.9 Å². The number of aryl methyl sites for hydroxylation is 1. The van der Waals surface area contributed by atoms with Gasteiger partial charge in [-0.15, -0.1) is 0 Å². The van der Waals surface area contributed by atoms with Gasteiger partial charge in [0.25, 0.3) is 0 Å². The van der Waals surface area contributed by atoms with Crippen molar-refractivity contribution in [1.29, 1.82) is 0 Å². The van der Waals surface area contributed by atoms with E-state index in [-0.39, 0.29) is 35.4 Å². The number of rotatable bonds is 2. The van der Waals surface area contributed by atoms with Crippen molar-refractivity contribution in [3.8, 4) is 0 Å². The van der Waals surface area contributed by atoms with E-state index in [9.17, 15) is 14.4 Å². The van der Waals surface area contributed by atoms with Crippen LogP contribution in [0.3, 0.4) is 0 Å². The first-order chi connectivity index (χ1) is 10.6. The molecule has 0 spiro atoms. The van der Waals surface area contributed by atoms with Crippen LogP contribution < -0.4 is 4.90 Å². The number of anilines is 1. The van der Waals surface area contributed by atoms with E-state index in [0.717, 1.165) is 24.8 Å². The van der Waals surface area contributed by atoms with Gasteiger partial charge >= 0.3 is 0 Å². The number of hydrogen-bond donors (Lipinski definition) is 0. The summed E-state index contributed by atoms with van der Waals surface area (Å²) in [4.78, 5) is 39.1. The Morgan fingerprint density at radius 3 is 2.59 bits per heavy atom. The van der Waals surface area contributed by atoms with Crippen molar-refractivity contribution in [3.63, 3.8) is 0 Å². The van der Waals surface area contributed by atoms with Crippen molar-refractivity contribution in [2.75, 3.05) is 4.90 Å². The van der Waals surface area contributed by atoms with E-state index in [1.807, 2.05) is 31.2 Å². The first kappa shape index (κ1) is 13.7. The highest BCUT2D eigenvalue weighted by Crippen LogP contribution is 2.52. The summed E-state index contributed by atoms with van der Waals surface area (Å²) in [5.41, 5.74) is 1.77. The summed E-state index contributed by atoms with van der Waals surface area (Å²) in [6, 6.07) is 7.61. The lowest BCUT2D eigenvalue weighted by atomic mass is 9.59. The van der Waals surface area contributed by atoms with Crippen LogP contribution in [0.4, 0.5) is 5.69 Å². The first-order valence-corrected chi connectivity index (χ1v) is 8.11. The molecule has 114 valence electrons. The molecule has 1 aromatic carbocycles. The van der Waals surface area contributed by atoms with Gasteiger partial charge in [0.1, 0.15) is 5.78 Å². The van der Waals surface area contributed by atoms with Gasteiger partial charge in [-0.3, -0.25) is 19.3 Å². The maximum atomic E-state index is 12.8. The van der Waals surface area contributed by atoms with E-state index in [2.05, 4.69) is 0 Å². The number of carbonyl (C=O) groups is 3. The van der Waals surface area contributed by atoms with Crippen molar-refractivity contribution in [2.45, 2.75) is 32.6 Å². The number of ketones is 1. The predicted octanol–water partition coefficient (Wildman–Crippen LogP) is 2.35. The van der Waals surface area contributed by atoms with Gasteiger partial charge in [-0.25, -0.2) is 0 Å². The topological polar surface area (TPSA) is 54.5 Å². The molecular weight excluding hydrogens is 278 g/mol. The van der Waals surface area contributed by atoms with Gasteiger partial charge in [0.05, 0.1) is 17.5 Å². The summed E-state index contributed by atoms with van der Waals surface area (Å²) in [7, 11) is 0. The maximum Gasteiger partial charge on any atom is 0.238 e. The monoisotopic (exact) mass is 297 g/mol. The van der Waals surface area contributed by atoms with Crippen molar-refractivity contribution in [2.24, 2.45) is 23.7 Å².